The van der Waals surface area contributed by atoms with Gasteiger partial charge >= 0.3 is 0 Å². The van der Waals surface area contributed by atoms with Crippen LogP contribution in [0.2, 0.25) is 0 Å². The zero-order valence-electron chi connectivity index (χ0n) is 17.1. The van der Waals surface area contributed by atoms with Crippen LogP contribution in [-0.4, -0.2) is 52.6 Å². The van der Waals surface area contributed by atoms with Gasteiger partial charge in [0.15, 0.2) is 0 Å². The topological polar surface area (TPSA) is 83.8 Å². The van der Waals surface area contributed by atoms with Crippen molar-refractivity contribution in [1.29, 1.82) is 0 Å². The summed E-state index contributed by atoms with van der Waals surface area (Å²) in [5, 5.41) is 6.26. The zero-order chi connectivity index (χ0) is 20.5. The summed E-state index contributed by atoms with van der Waals surface area (Å²) >= 11 is 0. The highest BCUT2D eigenvalue weighted by molar-refractivity contribution is 6.05. The second-order valence-corrected chi connectivity index (χ2v) is 7.96. The van der Waals surface area contributed by atoms with Crippen molar-refractivity contribution in [2.75, 3.05) is 36.4 Å². The molecule has 1 saturated carbocycles. The van der Waals surface area contributed by atoms with E-state index in [1.165, 1.54) is 6.42 Å². The lowest BCUT2D eigenvalue weighted by Crippen LogP contribution is -2.43. The molecule has 1 aliphatic heterocycles. The molecule has 5 rings (SSSR count). The Morgan fingerprint density at radius 1 is 1.23 bits per heavy atom. The number of nitrogens with zero attached hydrogens (tertiary/aromatic N) is 4. The molecule has 8 heteroatoms. The Bertz CT molecular complexity index is 1050. The molecule has 0 spiro atoms. The maximum Gasteiger partial charge on any atom is 0.262 e. The van der Waals surface area contributed by atoms with Crippen LogP contribution in [0, 0.1) is 6.92 Å². The minimum absolute atomic E-state index is 0.173. The monoisotopic (exact) mass is 406 g/mol. The summed E-state index contributed by atoms with van der Waals surface area (Å²) in [7, 11) is 0. The van der Waals surface area contributed by atoms with Gasteiger partial charge in [-0.05, 0) is 38.3 Å². The van der Waals surface area contributed by atoms with Gasteiger partial charge in [0.25, 0.3) is 5.91 Å². The highest BCUT2D eigenvalue weighted by Gasteiger charge is 2.23. The third-order valence-electron chi connectivity index (χ3n) is 5.74. The van der Waals surface area contributed by atoms with Gasteiger partial charge in [0.1, 0.15) is 17.2 Å². The number of fused-ring (bicyclic) bond motifs is 1. The largest absolute Gasteiger partial charge is 0.489 e. The number of hydrogen-bond acceptors (Lipinski definition) is 6. The van der Waals surface area contributed by atoms with E-state index in [0.29, 0.717) is 17.1 Å². The number of pyridine rings is 2. The minimum atomic E-state index is -0.236. The van der Waals surface area contributed by atoms with Crippen LogP contribution in [-0.2, 0) is 0 Å². The number of piperazine rings is 1. The molecule has 0 bridgehead atoms. The average Bonchev–Trinajstić information content (AvgIpc) is 3.10. The Morgan fingerprint density at radius 3 is 2.77 bits per heavy atom. The molecule has 3 aromatic heterocycles. The molecular formula is C22H26N6O2. The first-order valence-corrected chi connectivity index (χ1v) is 10.5. The van der Waals surface area contributed by atoms with Gasteiger partial charge in [-0.3, -0.25) is 4.79 Å². The predicted octanol–water partition coefficient (Wildman–Crippen LogP) is 2.63. The van der Waals surface area contributed by atoms with Gasteiger partial charge in [0, 0.05) is 44.6 Å². The maximum atomic E-state index is 13.1. The number of carbonyl (C=O) groups excluding carboxylic acids is 1. The summed E-state index contributed by atoms with van der Waals surface area (Å²) in [4.78, 5) is 24.3. The summed E-state index contributed by atoms with van der Waals surface area (Å²) in [6.45, 7) is 5.79. The number of carbonyl (C=O) groups is 1. The summed E-state index contributed by atoms with van der Waals surface area (Å²) in [6, 6.07) is 5.70. The number of imidazole rings is 1. The lowest BCUT2D eigenvalue weighted by Gasteiger charge is -2.29. The molecule has 4 heterocycles. The van der Waals surface area contributed by atoms with Gasteiger partial charge in [-0.2, -0.15) is 0 Å². The SMILES string of the molecule is Cc1cn2cc(C(=O)Nc3ccc(N4CCNCC4)cn3)c(OC3CCC3)cc2n1. The van der Waals surface area contributed by atoms with E-state index < -0.39 is 0 Å². The second kappa shape index (κ2) is 7.95. The second-order valence-electron chi connectivity index (χ2n) is 7.96. The summed E-state index contributed by atoms with van der Waals surface area (Å²) in [5.41, 5.74) is 3.22. The molecule has 1 aliphatic carbocycles. The highest BCUT2D eigenvalue weighted by atomic mass is 16.5. The Kier molecular flexibility index (Phi) is 5.00. The minimum Gasteiger partial charge on any atom is -0.489 e. The molecule has 0 radical (unpaired) electrons. The predicted molar refractivity (Wildman–Crippen MR) is 115 cm³/mol. The number of rotatable bonds is 5. The van der Waals surface area contributed by atoms with Crippen LogP contribution in [0.1, 0.15) is 35.3 Å². The van der Waals surface area contributed by atoms with Crippen molar-refractivity contribution < 1.29 is 9.53 Å². The third-order valence-corrected chi connectivity index (χ3v) is 5.74. The normalized spacial score (nSPS) is 17.0. The Labute approximate surface area is 175 Å². The molecule has 0 unspecified atom stereocenters. The molecule has 1 saturated heterocycles. The molecule has 0 atom stereocenters. The van der Waals surface area contributed by atoms with E-state index in [4.69, 9.17) is 4.74 Å². The van der Waals surface area contributed by atoms with E-state index in [0.717, 1.165) is 56.0 Å². The molecular weight excluding hydrogens is 380 g/mol. The van der Waals surface area contributed by atoms with Gasteiger partial charge < -0.3 is 24.7 Å². The van der Waals surface area contributed by atoms with E-state index in [1.54, 1.807) is 6.20 Å². The lowest BCUT2D eigenvalue weighted by molar-refractivity contribution is 0.0991. The van der Waals surface area contributed by atoms with Crippen LogP contribution in [0.4, 0.5) is 11.5 Å². The van der Waals surface area contributed by atoms with Crippen molar-refractivity contribution in [2.24, 2.45) is 0 Å². The van der Waals surface area contributed by atoms with Gasteiger partial charge in [-0.15, -0.1) is 0 Å². The van der Waals surface area contributed by atoms with Crippen molar-refractivity contribution in [3.63, 3.8) is 0 Å². The number of aromatic nitrogens is 3. The third kappa shape index (κ3) is 3.82. The number of ether oxygens (including phenoxy) is 1. The van der Waals surface area contributed by atoms with Crippen LogP contribution in [0.3, 0.4) is 0 Å². The van der Waals surface area contributed by atoms with Crippen molar-refractivity contribution in [1.82, 2.24) is 19.7 Å². The number of hydrogen-bond donors (Lipinski definition) is 2. The van der Waals surface area contributed by atoms with Gasteiger partial charge in [-0.25, -0.2) is 9.97 Å². The summed E-state index contributed by atoms with van der Waals surface area (Å²) < 4.78 is 7.97. The smallest absolute Gasteiger partial charge is 0.262 e. The fraction of sp³-hybridized carbons (Fsp3) is 0.409. The summed E-state index contributed by atoms with van der Waals surface area (Å²) in [5.74, 6) is 0.864. The van der Waals surface area contributed by atoms with Crippen molar-refractivity contribution in [3.8, 4) is 5.75 Å². The fourth-order valence-electron chi connectivity index (χ4n) is 3.83. The Balaban J connectivity index is 1.37. The number of aryl methyl sites for hydroxylation is 1. The van der Waals surface area contributed by atoms with Crippen LogP contribution >= 0.6 is 0 Å². The average molecular weight is 406 g/mol. The van der Waals surface area contributed by atoms with E-state index in [9.17, 15) is 4.79 Å². The van der Waals surface area contributed by atoms with Crippen LogP contribution in [0.5, 0.6) is 5.75 Å². The fourth-order valence-corrected chi connectivity index (χ4v) is 3.83. The van der Waals surface area contributed by atoms with Crippen LogP contribution in [0.15, 0.2) is 36.8 Å². The van der Waals surface area contributed by atoms with Crippen LogP contribution < -0.4 is 20.3 Å². The Morgan fingerprint density at radius 2 is 2.07 bits per heavy atom. The highest BCUT2D eigenvalue weighted by Crippen LogP contribution is 2.29. The molecule has 8 nitrogen and oxygen atoms in total. The number of nitrogens with one attached hydrogen (secondary N) is 2. The maximum absolute atomic E-state index is 13.1. The zero-order valence-corrected chi connectivity index (χ0v) is 17.1. The van der Waals surface area contributed by atoms with Crippen molar-refractivity contribution >= 4 is 23.1 Å². The van der Waals surface area contributed by atoms with Gasteiger partial charge in [0.05, 0.1) is 29.2 Å². The Hall–Kier alpha value is -3.13. The van der Waals surface area contributed by atoms with E-state index in [1.807, 2.05) is 41.9 Å². The molecule has 2 fully saturated rings. The van der Waals surface area contributed by atoms with Crippen molar-refractivity contribution in [2.45, 2.75) is 32.3 Å². The number of anilines is 2. The molecule has 1 amide bonds. The molecule has 156 valence electrons. The standard InChI is InChI=1S/C22H26N6O2/c1-15-13-28-14-18(19(11-21(28)25-15)30-17-3-2-4-17)22(29)26-20-6-5-16(12-24-20)27-9-7-23-8-10-27/h5-6,11-14,17,23H,2-4,7-10H2,1H3,(H,24,26,29). The molecule has 0 aromatic carbocycles. The quantitative estimate of drug-likeness (QED) is 0.678. The van der Waals surface area contributed by atoms with Gasteiger partial charge in [-0.1, -0.05) is 0 Å². The van der Waals surface area contributed by atoms with E-state index >= 15 is 0 Å². The summed E-state index contributed by atoms with van der Waals surface area (Å²) in [6.07, 6.45) is 8.89. The first-order valence-electron chi connectivity index (χ1n) is 10.5. The first kappa shape index (κ1) is 18.9. The molecule has 2 aliphatic rings. The van der Waals surface area contributed by atoms with E-state index in [2.05, 4.69) is 25.5 Å². The molecule has 3 aromatic rings. The molecule has 30 heavy (non-hydrogen) atoms. The first-order chi connectivity index (χ1) is 14.7. The molecule has 2 N–H and O–H groups in total. The van der Waals surface area contributed by atoms with Crippen LogP contribution in [0.25, 0.3) is 5.65 Å². The van der Waals surface area contributed by atoms with Crippen molar-refractivity contribution in [3.05, 3.63) is 48.0 Å². The van der Waals surface area contributed by atoms with Gasteiger partial charge in [0.2, 0.25) is 0 Å². The van der Waals surface area contributed by atoms with E-state index in [-0.39, 0.29) is 12.0 Å². The number of amides is 1. The lowest BCUT2D eigenvalue weighted by atomic mass is 9.96.